The zero-order valence-corrected chi connectivity index (χ0v) is 8.65. The topological polar surface area (TPSA) is 46.2 Å². The highest BCUT2D eigenvalue weighted by molar-refractivity contribution is 7.89. The van der Waals surface area contributed by atoms with Gasteiger partial charge >= 0.3 is 0 Å². The fourth-order valence-corrected chi connectivity index (χ4v) is 1.86. The van der Waals surface area contributed by atoms with Gasteiger partial charge in [-0.3, -0.25) is 0 Å². The molecule has 0 aliphatic heterocycles. The number of unbranched alkanes of at least 4 members (excludes halogenated alkanes) is 1. The first kappa shape index (κ1) is 12.4. The summed E-state index contributed by atoms with van der Waals surface area (Å²) in [4.78, 5) is 0. The number of hydrogen-bond acceptors (Lipinski definition) is 2. The Labute approximate surface area is 80.6 Å². The van der Waals surface area contributed by atoms with E-state index in [0.717, 1.165) is 12.8 Å². The minimum absolute atomic E-state index is 0.130. The smallest absolute Gasteiger partial charge is 0.211 e. The summed E-state index contributed by atoms with van der Waals surface area (Å²) in [6.07, 6.45) is 5.51. The normalized spacial score (nSPS) is 11.1. The van der Waals surface area contributed by atoms with E-state index in [9.17, 15) is 8.42 Å². The molecular weight excluding hydrogens is 186 g/mol. The van der Waals surface area contributed by atoms with Gasteiger partial charge in [0.15, 0.2) is 0 Å². The zero-order valence-electron chi connectivity index (χ0n) is 7.83. The maximum Gasteiger partial charge on any atom is 0.211 e. The Hall–Kier alpha value is -0.610. The highest BCUT2D eigenvalue weighted by Gasteiger charge is 2.06. The largest absolute Gasteiger partial charge is 0.215 e. The van der Waals surface area contributed by atoms with E-state index in [1.54, 1.807) is 12.2 Å². The molecule has 0 heterocycles. The summed E-state index contributed by atoms with van der Waals surface area (Å²) in [6.45, 7) is 7.51. The number of sulfonamides is 1. The minimum Gasteiger partial charge on any atom is -0.215 e. The molecule has 0 saturated carbocycles. The van der Waals surface area contributed by atoms with Gasteiger partial charge in [-0.15, -0.1) is 13.2 Å². The second kappa shape index (κ2) is 6.86. The Balaban J connectivity index is 3.63. The van der Waals surface area contributed by atoms with Gasteiger partial charge < -0.3 is 0 Å². The van der Waals surface area contributed by atoms with Gasteiger partial charge in [0.05, 0.1) is 5.75 Å². The van der Waals surface area contributed by atoms with Gasteiger partial charge in [0, 0.05) is 6.54 Å². The molecule has 0 aromatic carbocycles. The lowest BCUT2D eigenvalue weighted by Crippen LogP contribution is -2.27. The summed E-state index contributed by atoms with van der Waals surface area (Å²) < 4.78 is 24.8. The van der Waals surface area contributed by atoms with E-state index in [0.29, 0.717) is 13.0 Å². The molecule has 0 bridgehead atoms. The summed E-state index contributed by atoms with van der Waals surface area (Å²) in [6, 6.07) is 0. The molecular formula is C9H17NO2S. The van der Waals surface area contributed by atoms with Crippen molar-refractivity contribution in [3.63, 3.8) is 0 Å². The van der Waals surface area contributed by atoms with Crippen LogP contribution in [0.5, 0.6) is 0 Å². The van der Waals surface area contributed by atoms with E-state index in [-0.39, 0.29) is 5.75 Å². The molecule has 0 aliphatic rings. The van der Waals surface area contributed by atoms with E-state index in [2.05, 4.69) is 17.9 Å². The van der Waals surface area contributed by atoms with Gasteiger partial charge in [-0.2, -0.15) is 0 Å². The number of nitrogens with one attached hydrogen (secondary N) is 1. The number of rotatable bonds is 8. The third-order valence-electron chi connectivity index (χ3n) is 1.50. The maximum atomic E-state index is 11.2. The van der Waals surface area contributed by atoms with Crippen LogP contribution in [0.4, 0.5) is 0 Å². The van der Waals surface area contributed by atoms with E-state index in [1.165, 1.54) is 0 Å². The Morgan fingerprint density at radius 1 is 1.15 bits per heavy atom. The van der Waals surface area contributed by atoms with Crippen LogP contribution in [0.2, 0.25) is 0 Å². The van der Waals surface area contributed by atoms with E-state index in [4.69, 9.17) is 0 Å². The van der Waals surface area contributed by atoms with Crippen molar-refractivity contribution < 1.29 is 8.42 Å². The van der Waals surface area contributed by atoms with Crippen LogP contribution in [-0.2, 0) is 10.0 Å². The Morgan fingerprint density at radius 3 is 2.31 bits per heavy atom. The number of allylic oxidation sites excluding steroid dienone is 2. The molecule has 13 heavy (non-hydrogen) atoms. The monoisotopic (exact) mass is 203 g/mol. The van der Waals surface area contributed by atoms with E-state index in [1.807, 2.05) is 0 Å². The van der Waals surface area contributed by atoms with Gasteiger partial charge in [-0.1, -0.05) is 12.2 Å². The molecule has 0 amide bonds. The summed E-state index contributed by atoms with van der Waals surface area (Å²) in [5.41, 5.74) is 0. The van der Waals surface area contributed by atoms with Crippen molar-refractivity contribution in [1.82, 2.24) is 4.72 Å². The van der Waals surface area contributed by atoms with E-state index >= 15 is 0 Å². The predicted octanol–water partition coefficient (Wildman–Crippen LogP) is 1.45. The van der Waals surface area contributed by atoms with Crippen LogP contribution in [0.3, 0.4) is 0 Å². The molecule has 0 radical (unpaired) electrons. The molecule has 0 aliphatic carbocycles. The van der Waals surface area contributed by atoms with Crippen molar-refractivity contribution in [1.29, 1.82) is 0 Å². The molecule has 0 atom stereocenters. The first-order valence-corrected chi connectivity index (χ1v) is 5.96. The molecule has 0 fully saturated rings. The van der Waals surface area contributed by atoms with Crippen molar-refractivity contribution in [3.8, 4) is 0 Å². The fraction of sp³-hybridized carbons (Fsp3) is 0.556. The second-order valence-corrected chi connectivity index (χ2v) is 4.65. The standard InChI is InChI=1S/C9H17NO2S/c1-3-5-7-8-10-13(11,12)9-6-4-2/h3-4,10H,1-2,5-9H2. The molecule has 0 aromatic rings. The molecule has 76 valence electrons. The fourth-order valence-electron chi connectivity index (χ4n) is 0.785. The molecule has 1 N–H and O–H groups in total. The van der Waals surface area contributed by atoms with Crippen molar-refractivity contribution >= 4 is 10.0 Å². The van der Waals surface area contributed by atoms with Crippen LogP contribution in [0, 0.1) is 0 Å². The van der Waals surface area contributed by atoms with Crippen LogP contribution >= 0.6 is 0 Å². The van der Waals surface area contributed by atoms with Crippen LogP contribution in [0.25, 0.3) is 0 Å². The molecule has 0 rings (SSSR count). The molecule has 4 heteroatoms. The SMILES string of the molecule is C=CCCCNS(=O)(=O)CCC=C. The molecule has 0 aromatic heterocycles. The summed E-state index contributed by atoms with van der Waals surface area (Å²) in [5, 5.41) is 0. The minimum atomic E-state index is -3.08. The first-order chi connectivity index (χ1) is 6.12. The Kier molecular flexibility index (Phi) is 6.54. The lowest BCUT2D eigenvalue weighted by molar-refractivity contribution is 0.579. The van der Waals surface area contributed by atoms with Gasteiger partial charge in [0.25, 0.3) is 0 Å². The number of hydrogen-bond donors (Lipinski definition) is 1. The van der Waals surface area contributed by atoms with Crippen molar-refractivity contribution in [2.75, 3.05) is 12.3 Å². The van der Waals surface area contributed by atoms with Crippen LogP contribution < -0.4 is 4.72 Å². The molecule has 0 saturated heterocycles. The third-order valence-corrected chi connectivity index (χ3v) is 2.91. The highest BCUT2D eigenvalue weighted by Crippen LogP contribution is 1.92. The molecule has 0 spiro atoms. The van der Waals surface area contributed by atoms with Crippen LogP contribution in [-0.4, -0.2) is 20.7 Å². The second-order valence-electron chi connectivity index (χ2n) is 2.72. The van der Waals surface area contributed by atoms with E-state index < -0.39 is 10.0 Å². The first-order valence-electron chi connectivity index (χ1n) is 4.31. The van der Waals surface area contributed by atoms with Crippen molar-refractivity contribution in [3.05, 3.63) is 25.3 Å². The molecule has 3 nitrogen and oxygen atoms in total. The van der Waals surface area contributed by atoms with Crippen molar-refractivity contribution in [2.24, 2.45) is 0 Å². The lowest BCUT2D eigenvalue weighted by atomic mass is 10.3. The summed E-state index contributed by atoms with van der Waals surface area (Å²) >= 11 is 0. The predicted molar refractivity (Wildman–Crippen MR) is 56.0 cm³/mol. The summed E-state index contributed by atoms with van der Waals surface area (Å²) in [7, 11) is -3.08. The third kappa shape index (κ3) is 7.74. The lowest BCUT2D eigenvalue weighted by Gasteiger charge is -2.03. The van der Waals surface area contributed by atoms with Gasteiger partial charge in [0.2, 0.25) is 10.0 Å². The highest BCUT2D eigenvalue weighted by atomic mass is 32.2. The Morgan fingerprint density at radius 2 is 1.77 bits per heavy atom. The summed E-state index contributed by atoms with van der Waals surface area (Å²) in [5.74, 6) is 0.130. The molecule has 0 unspecified atom stereocenters. The quantitative estimate of drug-likeness (QED) is 0.479. The average molecular weight is 203 g/mol. The maximum absolute atomic E-state index is 11.2. The van der Waals surface area contributed by atoms with Crippen LogP contribution in [0.1, 0.15) is 19.3 Å². The van der Waals surface area contributed by atoms with Crippen molar-refractivity contribution in [2.45, 2.75) is 19.3 Å². The van der Waals surface area contributed by atoms with Gasteiger partial charge in [0.1, 0.15) is 0 Å². The van der Waals surface area contributed by atoms with Gasteiger partial charge in [-0.05, 0) is 19.3 Å². The van der Waals surface area contributed by atoms with Gasteiger partial charge in [-0.25, -0.2) is 13.1 Å². The average Bonchev–Trinajstić information content (AvgIpc) is 2.09. The zero-order chi connectivity index (χ0) is 10.2. The van der Waals surface area contributed by atoms with Crippen LogP contribution in [0.15, 0.2) is 25.3 Å². The Bertz CT molecular complexity index is 244.